The lowest BCUT2D eigenvalue weighted by Gasteiger charge is -2.24. The van der Waals surface area contributed by atoms with Gasteiger partial charge >= 0.3 is 0 Å². The molecule has 0 spiro atoms. The van der Waals surface area contributed by atoms with Gasteiger partial charge in [-0.05, 0) is 32.2 Å². The summed E-state index contributed by atoms with van der Waals surface area (Å²) >= 11 is 0. The zero-order valence-electron chi connectivity index (χ0n) is 8.43. The molecular weight excluding hydrogens is 162 g/mol. The van der Waals surface area contributed by atoms with E-state index in [4.69, 9.17) is 4.74 Å². The largest absolute Gasteiger partial charge is 0.377 e. The quantitative estimate of drug-likeness (QED) is 0.723. The van der Waals surface area contributed by atoms with Gasteiger partial charge in [-0.2, -0.15) is 0 Å². The first-order valence-corrected chi connectivity index (χ1v) is 5.80. The Kier molecular flexibility index (Phi) is 3.62. The third kappa shape index (κ3) is 2.96. The van der Waals surface area contributed by atoms with Gasteiger partial charge in [0.05, 0.1) is 12.7 Å². The summed E-state index contributed by atoms with van der Waals surface area (Å²) in [5.74, 6) is 0. The average molecular weight is 183 g/mol. The van der Waals surface area contributed by atoms with Gasteiger partial charge in [0.15, 0.2) is 0 Å². The van der Waals surface area contributed by atoms with Crippen molar-refractivity contribution in [2.45, 2.75) is 57.1 Å². The summed E-state index contributed by atoms with van der Waals surface area (Å²) in [6.45, 7) is 2.14. The highest BCUT2D eigenvalue weighted by molar-refractivity contribution is 4.73. The number of nitrogens with one attached hydrogen (secondary N) is 1. The minimum Gasteiger partial charge on any atom is -0.377 e. The number of hydrogen-bond donors (Lipinski definition) is 1. The first-order valence-electron chi connectivity index (χ1n) is 5.80. The zero-order valence-corrected chi connectivity index (χ0v) is 8.43. The Bertz CT molecular complexity index is 137. The van der Waals surface area contributed by atoms with Gasteiger partial charge in [-0.25, -0.2) is 0 Å². The second kappa shape index (κ2) is 4.97. The highest BCUT2D eigenvalue weighted by atomic mass is 16.5. The van der Waals surface area contributed by atoms with Crippen molar-refractivity contribution in [1.82, 2.24) is 5.32 Å². The molecule has 0 amide bonds. The fourth-order valence-electron chi connectivity index (χ4n) is 2.37. The maximum absolute atomic E-state index is 5.88. The Balaban J connectivity index is 1.60. The molecule has 0 bridgehead atoms. The Labute approximate surface area is 81.0 Å². The van der Waals surface area contributed by atoms with Crippen molar-refractivity contribution in [2.75, 3.05) is 13.2 Å². The van der Waals surface area contributed by atoms with Gasteiger partial charge in [0.1, 0.15) is 0 Å². The van der Waals surface area contributed by atoms with Crippen LogP contribution in [-0.2, 0) is 4.74 Å². The Morgan fingerprint density at radius 3 is 2.46 bits per heavy atom. The summed E-state index contributed by atoms with van der Waals surface area (Å²) in [7, 11) is 0. The molecule has 13 heavy (non-hydrogen) atoms. The van der Waals surface area contributed by atoms with E-state index in [0.717, 1.165) is 6.61 Å². The summed E-state index contributed by atoms with van der Waals surface area (Å²) in [6.07, 6.45) is 9.98. The highest BCUT2D eigenvalue weighted by Gasteiger charge is 2.18. The molecule has 1 saturated carbocycles. The summed E-state index contributed by atoms with van der Waals surface area (Å²) in [4.78, 5) is 0. The molecule has 76 valence electrons. The van der Waals surface area contributed by atoms with Crippen LogP contribution in [0.15, 0.2) is 0 Å². The van der Waals surface area contributed by atoms with Crippen LogP contribution in [0.25, 0.3) is 0 Å². The van der Waals surface area contributed by atoms with Gasteiger partial charge in [-0.3, -0.25) is 0 Å². The van der Waals surface area contributed by atoms with Crippen LogP contribution < -0.4 is 5.32 Å². The van der Waals surface area contributed by atoms with Gasteiger partial charge in [-0.1, -0.05) is 19.3 Å². The smallest absolute Gasteiger partial charge is 0.0623 e. The highest BCUT2D eigenvalue weighted by Crippen LogP contribution is 2.21. The standard InChI is InChI=1S/C11H21NO/c1-2-7-11(6-1)13-9-10-5-3-4-8-12-10/h10-12H,1-9H2. The Morgan fingerprint density at radius 2 is 1.77 bits per heavy atom. The molecular formula is C11H21NO. The van der Waals surface area contributed by atoms with Crippen LogP contribution in [0.3, 0.4) is 0 Å². The predicted octanol–water partition coefficient (Wildman–Crippen LogP) is 2.09. The number of hydrogen-bond acceptors (Lipinski definition) is 2. The predicted molar refractivity (Wildman–Crippen MR) is 53.8 cm³/mol. The second-order valence-corrected chi connectivity index (χ2v) is 4.39. The van der Waals surface area contributed by atoms with E-state index in [1.54, 1.807) is 0 Å². The Morgan fingerprint density at radius 1 is 1.00 bits per heavy atom. The summed E-state index contributed by atoms with van der Waals surface area (Å²) in [6, 6.07) is 0.648. The lowest BCUT2D eigenvalue weighted by atomic mass is 10.1. The molecule has 2 aliphatic rings. The van der Waals surface area contributed by atoms with Crippen molar-refractivity contribution in [3.8, 4) is 0 Å². The third-order valence-corrected chi connectivity index (χ3v) is 3.25. The second-order valence-electron chi connectivity index (χ2n) is 4.39. The normalized spacial score (nSPS) is 30.9. The minimum atomic E-state index is 0.587. The van der Waals surface area contributed by atoms with Gasteiger partial charge in [0.25, 0.3) is 0 Å². The van der Waals surface area contributed by atoms with E-state index >= 15 is 0 Å². The summed E-state index contributed by atoms with van der Waals surface area (Å²) in [5.41, 5.74) is 0. The summed E-state index contributed by atoms with van der Waals surface area (Å²) < 4.78 is 5.88. The molecule has 1 aliphatic heterocycles. The van der Waals surface area contributed by atoms with Crippen molar-refractivity contribution in [3.05, 3.63) is 0 Å². The van der Waals surface area contributed by atoms with E-state index in [0.29, 0.717) is 12.1 Å². The SMILES string of the molecule is C1CCC(COC2CCCC2)NC1. The number of piperidine rings is 1. The molecule has 1 heterocycles. The number of rotatable bonds is 3. The van der Waals surface area contributed by atoms with Crippen molar-refractivity contribution in [1.29, 1.82) is 0 Å². The van der Waals surface area contributed by atoms with Crippen molar-refractivity contribution in [2.24, 2.45) is 0 Å². The van der Waals surface area contributed by atoms with Crippen LogP contribution in [0.4, 0.5) is 0 Å². The van der Waals surface area contributed by atoms with Crippen molar-refractivity contribution < 1.29 is 4.74 Å². The maximum Gasteiger partial charge on any atom is 0.0623 e. The van der Waals surface area contributed by atoms with Crippen LogP contribution >= 0.6 is 0 Å². The third-order valence-electron chi connectivity index (χ3n) is 3.25. The molecule has 2 nitrogen and oxygen atoms in total. The first kappa shape index (κ1) is 9.47. The zero-order chi connectivity index (χ0) is 8.93. The van der Waals surface area contributed by atoms with E-state index in [9.17, 15) is 0 Å². The van der Waals surface area contributed by atoms with E-state index in [1.165, 1.54) is 51.5 Å². The lowest BCUT2D eigenvalue weighted by molar-refractivity contribution is 0.0382. The fourth-order valence-corrected chi connectivity index (χ4v) is 2.37. The van der Waals surface area contributed by atoms with Crippen LogP contribution in [0.1, 0.15) is 44.9 Å². The van der Waals surface area contributed by atoms with E-state index in [-0.39, 0.29) is 0 Å². The van der Waals surface area contributed by atoms with Crippen LogP contribution in [0.2, 0.25) is 0 Å². The van der Waals surface area contributed by atoms with E-state index < -0.39 is 0 Å². The van der Waals surface area contributed by atoms with Gasteiger partial charge in [-0.15, -0.1) is 0 Å². The molecule has 0 aromatic carbocycles. The lowest BCUT2D eigenvalue weighted by Crippen LogP contribution is -2.38. The minimum absolute atomic E-state index is 0.587. The van der Waals surface area contributed by atoms with Crippen LogP contribution in [-0.4, -0.2) is 25.3 Å². The molecule has 2 rings (SSSR count). The average Bonchev–Trinajstić information content (AvgIpc) is 2.69. The van der Waals surface area contributed by atoms with Crippen LogP contribution in [0, 0.1) is 0 Å². The van der Waals surface area contributed by atoms with E-state index in [1.807, 2.05) is 0 Å². The monoisotopic (exact) mass is 183 g/mol. The molecule has 1 saturated heterocycles. The van der Waals surface area contributed by atoms with Gasteiger partial charge in [0.2, 0.25) is 0 Å². The molecule has 2 heteroatoms. The molecule has 0 radical (unpaired) electrons. The maximum atomic E-state index is 5.88. The topological polar surface area (TPSA) is 21.3 Å². The molecule has 2 fully saturated rings. The van der Waals surface area contributed by atoms with Crippen LogP contribution in [0.5, 0.6) is 0 Å². The fraction of sp³-hybridized carbons (Fsp3) is 1.00. The van der Waals surface area contributed by atoms with Gasteiger partial charge < -0.3 is 10.1 Å². The Hall–Kier alpha value is -0.0800. The summed E-state index contributed by atoms with van der Waals surface area (Å²) in [5, 5.41) is 3.52. The van der Waals surface area contributed by atoms with E-state index in [2.05, 4.69) is 5.32 Å². The molecule has 0 aromatic rings. The molecule has 1 aliphatic carbocycles. The number of ether oxygens (including phenoxy) is 1. The molecule has 1 N–H and O–H groups in total. The van der Waals surface area contributed by atoms with Crippen molar-refractivity contribution in [3.63, 3.8) is 0 Å². The van der Waals surface area contributed by atoms with Gasteiger partial charge in [0, 0.05) is 6.04 Å². The molecule has 0 aromatic heterocycles. The van der Waals surface area contributed by atoms with Crippen molar-refractivity contribution >= 4 is 0 Å². The molecule has 1 atom stereocenters. The molecule has 1 unspecified atom stereocenters. The first-order chi connectivity index (χ1) is 6.45.